The van der Waals surface area contributed by atoms with Gasteiger partial charge < -0.3 is 15.5 Å². The van der Waals surface area contributed by atoms with Crippen molar-refractivity contribution < 1.29 is 4.79 Å². The Hall–Kier alpha value is -1.30. The van der Waals surface area contributed by atoms with E-state index in [1.165, 1.54) is 37.0 Å². The Labute approximate surface area is 130 Å². The summed E-state index contributed by atoms with van der Waals surface area (Å²) >= 11 is 1.47. The third kappa shape index (κ3) is 3.15. The molecule has 1 amide bonds. The van der Waals surface area contributed by atoms with E-state index in [4.69, 9.17) is 5.73 Å². The zero-order valence-corrected chi connectivity index (χ0v) is 13.5. The van der Waals surface area contributed by atoms with Crippen molar-refractivity contribution >= 4 is 28.2 Å². The highest BCUT2D eigenvalue weighted by atomic mass is 32.1. The van der Waals surface area contributed by atoms with Crippen molar-refractivity contribution in [2.24, 2.45) is 5.92 Å². The normalized spacial score (nSPS) is 23.4. The molecule has 1 aromatic rings. The van der Waals surface area contributed by atoms with Crippen molar-refractivity contribution in [2.45, 2.75) is 39.0 Å². The molecule has 2 saturated heterocycles. The molecule has 1 aromatic heterocycles. The van der Waals surface area contributed by atoms with Crippen LogP contribution in [0.15, 0.2) is 0 Å². The topological polar surface area (TPSA) is 62.5 Å². The molecule has 1 atom stereocenters. The SMILES string of the molecule is CC1CCCN(C(=O)c2sc(N3CCCCC3)nc2N)C1. The number of aromatic nitrogens is 1. The molecule has 2 aliphatic rings. The lowest BCUT2D eigenvalue weighted by atomic mass is 10.0. The lowest BCUT2D eigenvalue weighted by Gasteiger charge is -2.30. The van der Waals surface area contributed by atoms with Gasteiger partial charge in [-0.05, 0) is 38.0 Å². The zero-order chi connectivity index (χ0) is 14.8. The Balaban J connectivity index is 1.75. The van der Waals surface area contributed by atoms with E-state index >= 15 is 0 Å². The molecule has 2 aliphatic heterocycles. The average Bonchev–Trinajstić information content (AvgIpc) is 2.89. The van der Waals surface area contributed by atoms with Crippen LogP contribution in [0.5, 0.6) is 0 Å². The van der Waals surface area contributed by atoms with Crippen LogP contribution in [0.4, 0.5) is 10.9 Å². The highest BCUT2D eigenvalue weighted by molar-refractivity contribution is 7.18. The van der Waals surface area contributed by atoms with Crippen LogP contribution in [0.2, 0.25) is 0 Å². The molecule has 2 N–H and O–H groups in total. The summed E-state index contributed by atoms with van der Waals surface area (Å²) in [5.74, 6) is 1.06. The highest BCUT2D eigenvalue weighted by Crippen LogP contribution is 2.31. The van der Waals surface area contributed by atoms with Gasteiger partial charge in [-0.25, -0.2) is 4.98 Å². The molecule has 2 fully saturated rings. The van der Waals surface area contributed by atoms with Crippen LogP contribution in [0, 0.1) is 5.92 Å². The fourth-order valence-corrected chi connectivity index (χ4v) is 4.22. The summed E-state index contributed by atoms with van der Waals surface area (Å²) in [4.78, 5) is 21.9. The first-order chi connectivity index (χ1) is 10.1. The van der Waals surface area contributed by atoms with Crippen molar-refractivity contribution in [3.05, 3.63) is 4.88 Å². The molecule has 0 bridgehead atoms. The molecule has 0 saturated carbocycles. The van der Waals surface area contributed by atoms with Crippen molar-refractivity contribution in [2.75, 3.05) is 36.8 Å². The molecule has 0 aliphatic carbocycles. The molecular weight excluding hydrogens is 284 g/mol. The van der Waals surface area contributed by atoms with E-state index in [1.54, 1.807) is 0 Å². The number of carbonyl (C=O) groups is 1. The quantitative estimate of drug-likeness (QED) is 0.912. The third-order valence-electron chi connectivity index (χ3n) is 4.41. The number of anilines is 2. The van der Waals surface area contributed by atoms with E-state index in [0.717, 1.165) is 37.7 Å². The molecular formula is C15H24N4OS. The standard InChI is InChI=1S/C15H24N4OS/c1-11-6-5-9-19(10-11)14(20)12-13(16)17-15(21-12)18-7-3-2-4-8-18/h11H,2-10,16H2,1H3. The van der Waals surface area contributed by atoms with Gasteiger partial charge in [0.25, 0.3) is 5.91 Å². The van der Waals surface area contributed by atoms with Crippen LogP contribution in [0.25, 0.3) is 0 Å². The molecule has 116 valence electrons. The molecule has 0 aromatic carbocycles. The fraction of sp³-hybridized carbons (Fsp3) is 0.733. The van der Waals surface area contributed by atoms with Gasteiger partial charge in [0.15, 0.2) is 5.13 Å². The number of likely N-dealkylation sites (tertiary alicyclic amines) is 1. The summed E-state index contributed by atoms with van der Waals surface area (Å²) in [5.41, 5.74) is 6.02. The summed E-state index contributed by atoms with van der Waals surface area (Å²) < 4.78 is 0. The number of amides is 1. The average molecular weight is 308 g/mol. The summed E-state index contributed by atoms with van der Waals surface area (Å²) in [6, 6.07) is 0. The lowest BCUT2D eigenvalue weighted by molar-refractivity contribution is 0.0689. The van der Waals surface area contributed by atoms with Gasteiger partial charge in [0.05, 0.1) is 0 Å². The van der Waals surface area contributed by atoms with Crippen molar-refractivity contribution in [3.63, 3.8) is 0 Å². The highest BCUT2D eigenvalue weighted by Gasteiger charge is 2.27. The Morgan fingerprint density at radius 2 is 2.00 bits per heavy atom. The second kappa shape index (κ2) is 6.22. The van der Waals surface area contributed by atoms with Crippen LogP contribution >= 0.6 is 11.3 Å². The first kappa shape index (κ1) is 14.6. The van der Waals surface area contributed by atoms with Crippen molar-refractivity contribution in [3.8, 4) is 0 Å². The predicted molar refractivity (Wildman–Crippen MR) is 86.9 cm³/mol. The number of hydrogen-bond donors (Lipinski definition) is 1. The van der Waals surface area contributed by atoms with Gasteiger partial charge in [-0.2, -0.15) is 0 Å². The molecule has 0 spiro atoms. The van der Waals surface area contributed by atoms with E-state index in [1.807, 2.05) is 4.90 Å². The van der Waals surface area contributed by atoms with Gasteiger partial charge in [0.2, 0.25) is 0 Å². The molecule has 5 nitrogen and oxygen atoms in total. The molecule has 1 unspecified atom stereocenters. The molecule has 0 radical (unpaired) electrons. The second-order valence-electron chi connectivity index (χ2n) is 6.26. The number of carbonyl (C=O) groups excluding carboxylic acids is 1. The monoisotopic (exact) mass is 308 g/mol. The molecule has 21 heavy (non-hydrogen) atoms. The summed E-state index contributed by atoms with van der Waals surface area (Å²) in [6.07, 6.45) is 5.99. The Kier molecular flexibility index (Phi) is 4.33. The van der Waals surface area contributed by atoms with Crippen molar-refractivity contribution in [1.29, 1.82) is 0 Å². The van der Waals surface area contributed by atoms with Gasteiger partial charge >= 0.3 is 0 Å². The predicted octanol–water partition coefficient (Wildman–Crippen LogP) is 2.59. The number of piperidine rings is 2. The largest absolute Gasteiger partial charge is 0.382 e. The summed E-state index contributed by atoms with van der Waals surface area (Å²) in [7, 11) is 0. The minimum absolute atomic E-state index is 0.0693. The van der Waals surface area contributed by atoms with E-state index in [9.17, 15) is 4.79 Å². The molecule has 6 heteroatoms. The van der Waals surface area contributed by atoms with E-state index < -0.39 is 0 Å². The maximum Gasteiger partial charge on any atom is 0.267 e. The second-order valence-corrected chi connectivity index (χ2v) is 7.23. The number of nitrogen functional groups attached to an aromatic ring is 1. The number of thiazole rings is 1. The van der Waals surface area contributed by atoms with Crippen LogP contribution < -0.4 is 10.6 Å². The number of nitrogens with two attached hydrogens (primary N) is 1. The number of nitrogens with zero attached hydrogens (tertiary/aromatic N) is 3. The maximum absolute atomic E-state index is 12.7. The Morgan fingerprint density at radius 1 is 1.24 bits per heavy atom. The van der Waals surface area contributed by atoms with Crippen LogP contribution in [-0.2, 0) is 0 Å². The number of rotatable bonds is 2. The van der Waals surface area contributed by atoms with E-state index in [0.29, 0.717) is 16.6 Å². The minimum atomic E-state index is 0.0693. The first-order valence-corrected chi connectivity index (χ1v) is 8.77. The summed E-state index contributed by atoms with van der Waals surface area (Å²) in [6.45, 7) is 5.95. The lowest BCUT2D eigenvalue weighted by Crippen LogP contribution is -2.39. The van der Waals surface area contributed by atoms with Crippen LogP contribution in [0.1, 0.15) is 48.7 Å². The third-order valence-corrected chi connectivity index (χ3v) is 5.53. The molecule has 3 rings (SSSR count). The Bertz CT molecular complexity index is 510. The van der Waals surface area contributed by atoms with Gasteiger partial charge in [-0.3, -0.25) is 4.79 Å². The fourth-order valence-electron chi connectivity index (χ4n) is 3.21. The first-order valence-electron chi connectivity index (χ1n) is 7.95. The van der Waals surface area contributed by atoms with Gasteiger partial charge in [0, 0.05) is 26.2 Å². The smallest absolute Gasteiger partial charge is 0.267 e. The van der Waals surface area contributed by atoms with Crippen molar-refractivity contribution in [1.82, 2.24) is 9.88 Å². The number of hydrogen-bond acceptors (Lipinski definition) is 5. The van der Waals surface area contributed by atoms with Crippen LogP contribution in [0.3, 0.4) is 0 Å². The summed E-state index contributed by atoms with van der Waals surface area (Å²) in [5, 5.41) is 0.917. The Morgan fingerprint density at radius 3 is 2.71 bits per heavy atom. The van der Waals surface area contributed by atoms with E-state index in [2.05, 4.69) is 16.8 Å². The zero-order valence-electron chi connectivity index (χ0n) is 12.7. The van der Waals surface area contributed by atoms with Gasteiger partial charge in [0.1, 0.15) is 10.7 Å². The maximum atomic E-state index is 12.7. The molecule has 3 heterocycles. The van der Waals surface area contributed by atoms with Gasteiger partial charge in [-0.15, -0.1) is 0 Å². The van der Waals surface area contributed by atoms with Crippen LogP contribution in [-0.4, -0.2) is 42.0 Å². The van der Waals surface area contributed by atoms with E-state index in [-0.39, 0.29) is 5.91 Å². The minimum Gasteiger partial charge on any atom is -0.382 e. The van der Waals surface area contributed by atoms with Gasteiger partial charge in [-0.1, -0.05) is 18.3 Å².